The molecule has 0 aliphatic heterocycles. The number of carbonyl (C=O) groups excluding carboxylic acids is 1. The molecule has 1 unspecified atom stereocenters. The van der Waals surface area contributed by atoms with Crippen LogP contribution >= 0.6 is 0 Å². The summed E-state index contributed by atoms with van der Waals surface area (Å²) >= 11 is 0. The van der Waals surface area contributed by atoms with E-state index >= 15 is 0 Å². The van der Waals surface area contributed by atoms with Crippen LogP contribution in [0.5, 0.6) is 0 Å². The first-order valence-corrected chi connectivity index (χ1v) is 6.70. The lowest BCUT2D eigenvalue weighted by Crippen LogP contribution is -2.38. The van der Waals surface area contributed by atoms with Crippen molar-refractivity contribution in [3.63, 3.8) is 0 Å². The van der Waals surface area contributed by atoms with Crippen LogP contribution in [0.1, 0.15) is 45.4 Å². The first kappa shape index (κ1) is 14.5. The fraction of sp³-hybridized carbons (Fsp3) is 0.923. The third kappa shape index (κ3) is 5.50. The molecule has 4 nitrogen and oxygen atoms in total. The van der Waals surface area contributed by atoms with Gasteiger partial charge in [-0.15, -0.1) is 0 Å². The molecule has 1 fully saturated rings. The average Bonchev–Trinajstić information content (AvgIpc) is 2.38. The highest BCUT2D eigenvalue weighted by Gasteiger charge is 2.19. The van der Waals surface area contributed by atoms with E-state index in [0.717, 1.165) is 6.54 Å². The Morgan fingerprint density at radius 3 is 2.65 bits per heavy atom. The number of rotatable bonds is 7. The van der Waals surface area contributed by atoms with Crippen LogP contribution in [0, 0.1) is 0 Å². The van der Waals surface area contributed by atoms with Crippen molar-refractivity contribution in [1.82, 2.24) is 5.32 Å². The predicted molar refractivity (Wildman–Crippen MR) is 66.9 cm³/mol. The fourth-order valence-electron chi connectivity index (χ4n) is 2.28. The van der Waals surface area contributed by atoms with Crippen LogP contribution < -0.4 is 5.32 Å². The monoisotopic (exact) mass is 243 g/mol. The van der Waals surface area contributed by atoms with Gasteiger partial charge < -0.3 is 14.8 Å². The van der Waals surface area contributed by atoms with Gasteiger partial charge in [0, 0.05) is 6.61 Å². The van der Waals surface area contributed by atoms with Gasteiger partial charge in [0.05, 0.1) is 13.2 Å². The molecule has 1 N–H and O–H groups in total. The first-order valence-electron chi connectivity index (χ1n) is 6.70. The van der Waals surface area contributed by atoms with E-state index in [9.17, 15) is 4.79 Å². The molecule has 0 radical (unpaired) electrons. The molecule has 100 valence electrons. The number of nitrogens with one attached hydrogen (secondary N) is 1. The lowest BCUT2D eigenvalue weighted by molar-refractivity contribution is -0.143. The van der Waals surface area contributed by atoms with Gasteiger partial charge in [0.2, 0.25) is 0 Å². The van der Waals surface area contributed by atoms with E-state index in [1.807, 2.05) is 6.92 Å². The van der Waals surface area contributed by atoms with Crippen molar-refractivity contribution < 1.29 is 14.3 Å². The fourth-order valence-corrected chi connectivity index (χ4v) is 2.28. The summed E-state index contributed by atoms with van der Waals surface area (Å²) in [5.74, 6) is -0.195. The van der Waals surface area contributed by atoms with Crippen LogP contribution in [0.15, 0.2) is 0 Å². The van der Waals surface area contributed by atoms with Crippen LogP contribution in [-0.4, -0.2) is 38.4 Å². The minimum Gasteiger partial charge on any atom is -0.468 e. The van der Waals surface area contributed by atoms with Gasteiger partial charge in [-0.1, -0.05) is 26.2 Å². The number of hydrogen-bond acceptors (Lipinski definition) is 4. The van der Waals surface area contributed by atoms with Crippen LogP contribution in [0.3, 0.4) is 0 Å². The van der Waals surface area contributed by atoms with E-state index in [1.165, 1.54) is 39.2 Å². The van der Waals surface area contributed by atoms with Gasteiger partial charge in [0.15, 0.2) is 0 Å². The smallest absolute Gasteiger partial charge is 0.322 e. The average molecular weight is 243 g/mol. The third-order valence-electron chi connectivity index (χ3n) is 3.25. The Morgan fingerprint density at radius 1 is 1.35 bits per heavy atom. The minimum atomic E-state index is -0.228. The summed E-state index contributed by atoms with van der Waals surface area (Å²) in [6.07, 6.45) is 7.33. The van der Waals surface area contributed by atoms with E-state index in [-0.39, 0.29) is 12.0 Å². The van der Waals surface area contributed by atoms with Crippen LogP contribution in [0.2, 0.25) is 0 Å². The summed E-state index contributed by atoms with van der Waals surface area (Å²) in [5, 5.41) is 3.12. The zero-order valence-electron chi connectivity index (χ0n) is 11.0. The van der Waals surface area contributed by atoms with E-state index in [0.29, 0.717) is 19.1 Å². The van der Waals surface area contributed by atoms with Gasteiger partial charge >= 0.3 is 5.97 Å². The van der Waals surface area contributed by atoms with Crippen LogP contribution in [0.25, 0.3) is 0 Å². The summed E-state index contributed by atoms with van der Waals surface area (Å²) in [7, 11) is 1.43. The molecule has 0 saturated heterocycles. The number of methoxy groups -OCH3 is 1. The molecule has 17 heavy (non-hydrogen) atoms. The highest BCUT2D eigenvalue weighted by molar-refractivity contribution is 5.75. The number of esters is 1. The summed E-state index contributed by atoms with van der Waals surface area (Å²) in [6.45, 7) is 3.39. The van der Waals surface area contributed by atoms with Crippen LogP contribution in [-0.2, 0) is 14.3 Å². The van der Waals surface area contributed by atoms with Gasteiger partial charge in [0.25, 0.3) is 0 Å². The molecule has 1 atom stereocenters. The van der Waals surface area contributed by atoms with Crippen molar-refractivity contribution in [2.24, 2.45) is 0 Å². The Labute approximate surface area is 104 Å². The molecule has 1 aliphatic rings. The second-order valence-corrected chi connectivity index (χ2v) is 4.55. The highest BCUT2D eigenvalue weighted by Crippen LogP contribution is 2.20. The van der Waals surface area contributed by atoms with Crippen LogP contribution in [0.4, 0.5) is 0 Å². The maximum Gasteiger partial charge on any atom is 0.322 e. The Bertz CT molecular complexity index is 215. The van der Waals surface area contributed by atoms with Crippen molar-refractivity contribution in [1.29, 1.82) is 0 Å². The Balaban J connectivity index is 2.18. The van der Waals surface area contributed by atoms with Gasteiger partial charge in [0.1, 0.15) is 6.04 Å². The zero-order chi connectivity index (χ0) is 12.5. The molecule has 0 aromatic rings. The topological polar surface area (TPSA) is 47.6 Å². The maximum atomic E-state index is 11.4. The van der Waals surface area contributed by atoms with Crippen molar-refractivity contribution in [2.45, 2.75) is 57.6 Å². The molecular weight excluding hydrogens is 218 g/mol. The molecule has 0 bridgehead atoms. The molecule has 0 aromatic carbocycles. The molecule has 4 heteroatoms. The van der Waals surface area contributed by atoms with Crippen molar-refractivity contribution in [3.8, 4) is 0 Å². The number of ether oxygens (including phenoxy) is 2. The van der Waals surface area contributed by atoms with Crippen molar-refractivity contribution in [2.75, 3.05) is 20.3 Å². The normalized spacial score (nSPS) is 18.9. The minimum absolute atomic E-state index is 0.195. The molecule has 1 saturated carbocycles. The van der Waals surface area contributed by atoms with E-state index in [4.69, 9.17) is 9.47 Å². The second-order valence-electron chi connectivity index (χ2n) is 4.55. The van der Waals surface area contributed by atoms with Gasteiger partial charge in [-0.05, 0) is 25.8 Å². The SMILES string of the molecule is CCNC(CCOC1CCCCC1)C(=O)OC. The molecule has 0 spiro atoms. The largest absolute Gasteiger partial charge is 0.468 e. The molecular formula is C13H25NO3. The highest BCUT2D eigenvalue weighted by atomic mass is 16.5. The van der Waals surface area contributed by atoms with Gasteiger partial charge in [-0.3, -0.25) is 4.79 Å². The number of hydrogen-bond donors (Lipinski definition) is 1. The lowest BCUT2D eigenvalue weighted by Gasteiger charge is -2.23. The Hall–Kier alpha value is -0.610. The number of likely N-dealkylation sites (N-methyl/N-ethyl adjacent to an activating group) is 1. The van der Waals surface area contributed by atoms with Gasteiger partial charge in [-0.25, -0.2) is 0 Å². The van der Waals surface area contributed by atoms with Crippen molar-refractivity contribution in [3.05, 3.63) is 0 Å². The maximum absolute atomic E-state index is 11.4. The Morgan fingerprint density at radius 2 is 2.06 bits per heavy atom. The standard InChI is InChI=1S/C13H25NO3/c1-3-14-12(13(15)16-2)9-10-17-11-7-5-4-6-8-11/h11-12,14H,3-10H2,1-2H3. The predicted octanol–water partition coefficient (Wildman–Crippen LogP) is 1.88. The summed E-state index contributed by atoms with van der Waals surface area (Å²) < 4.78 is 10.6. The molecule has 0 heterocycles. The van der Waals surface area contributed by atoms with Gasteiger partial charge in [-0.2, -0.15) is 0 Å². The molecule has 0 aromatic heterocycles. The quantitative estimate of drug-likeness (QED) is 0.694. The molecule has 1 rings (SSSR count). The zero-order valence-corrected chi connectivity index (χ0v) is 11.0. The third-order valence-corrected chi connectivity index (χ3v) is 3.25. The summed E-state index contributed by atoms with van der Waals surface area (Å²) in [4.78, 5) is 11.4. The number of carbonyl (C=O) groups is 1. The lowest BCUT2D eigenvalue weighted by atomic mass is 9.98. The van der Waals surface area contributed by atoms with Crippen molar-refractivity contribution >= 4 is 5.97 Å². The summed E-state index contributed by atoms with van der Waals surface area (Å²) in [6, 6.07) is -0.228. The molecule has 0 amide bonds. The van der Waals surface area contributed by atoms with E-state index < -0.39 is 0 Å². The Kier molecular flexibility index (Phi) is 7.21. The first-order chi connectivity index (χ1) is 8.27. The second kappa shape index (κ2) is 8.48. The van der Waals surface area contributed by atoms with E-state index in [2.05, 4.69) is 5.32 Å². The molecule has 1 aliphatic carbocycles. The van der Waals surface area contributed by atoms with E-state index in [1.54, 1.807) is 0 Å². The summed E-state index contributed by atoms with van der Waals surface area (Å²) in [5.41, 5.74) is 0.